The first-order valence-electron chi connectivity index (χ1n) is 24.4. The van der Waals surface area contributed by atoms with Gasteiger partial charge in [-0.25, -0.2) is 15.0 Å². The maximum absolute atomic E-state index is 12.0. The van der Waals surface area contributed by atoms with Gasteiger partial charge >= 0.3 is 0 Å². The van der Waals surface area contributed by atoms with E-state index in [-0.39, 0.29) is 0 Å². The SMILES string of the molecule is N#CC1=C(n2c3ccccc3c3ccc4sc5ccccc5c4c32)C(c2ccccc2)=C(n2c3ccccc3c3ccc4sc5ccccc5c4c32)C(c2nc(-c3ccccc3)nc(-c3ccccc3)n2)=CC1. The number of fused-ring (bicyclic) bond motifs is 14. The van der Waals surface area contributed by atoms with Crippen LogP contribution in [0.3, 0.4) is 0 Å². The Morgan fingerprint density at radius 2 is 0.808 bits per heavy atom. The lowest BCUT2D eigenvalue weighted by atomic mass is 9.94. The topological polar surface area (TPSA) is 72.3 Å². The van der Waals surface area contributed by atoms with Gasteiger partial charge in [0.25, 0.3) is 0 Å². The predicted molar refractivity (Wildman–Crippen MR) is 306 cm³/mol. The number of rotatable bonds is 6. The van der Waals surface area contributed by atoms with E-state index < -0.39 is 0 Å². The van der Waals surface area contributed by atoms with Crippen LogP contribution < -0.4 is 0 Å². The summed E-state index contributed by atoms with van der Waals surface area (Å²) < 4.78 is 9.73. The van der Waals surface area contributed by atoms with Crippen LogP contribution in [-0.2, 0) is 0 Å². The van der Waals surface area contributed by atoms with E-state index in [0.29, 0.717) is 29.5 Å². The molecule has 0 unspecified atom stereocenters. The first kappa shape index (κ1) is 41.5. The fraction of sp³-hybridized carbons (Fsp3) is 0.0154. The third-order valence-electron chi connectivity index (χ3n) is 14.5. The zero-order valence-electron chi connectivity index (χ0n) is 39.0. The summed E-state index contributed by atoms with van der Waals surface area (Å²) in [6.45, 7) is 0. The Bertz CT molecular complexity index is 4700. The zero-order valence-corrected chi connectivity index (χ0v) is 40.6. The van der Waals surface area contributed by atoms with Gasteiger partial charge < -0.3 is 9.13 Å². The van der Waals surface area contributed by atoms with Crippen LogP contribution in [0.4, 0.5) is 0 Å². The van der Waals surface area contributed by atoms with E-state index >= 15 is 0 Å². The van der Waals surface area contributed by atoms with Crippen molar-refractivity contribution in [1.82, 2.24) is 24.1 Å². The minimum Gasteiger partial charge on any atom is -0.307 e. The summed E-state index contributed by atoms with van der Waals surface area (Å²) in [6, 6.07) is 77.9. The standard InChI is InChI=1S/C65H38N6S2/c66-38-42-32-33-49(65-68-63(40-20-6-2-7-21-40)67-64(69-65)41-22-8-3-9-23-41)62(71-51-29-15-11-25-44(51)46-35-37-55-58(61(46)71)48-27-13-17-31-53(48)73-55)56(39-18-4-1-5-19-39)59(42)70-50-28-14-10-24-43(50)45-34-36-54-57(60(45)70)47-26-12-16-30-52(47)72-54/h1-31,33-37H,32H2. The second kappa shape index (κ2) is 16.4. The quantitative estimate of drug-likeness (QED) is 0.166. The van der Waals surface area contributed by atoms with Crippen molar-refractivity contribution in [3.8, 4) is 28.8 Å². The Balaban J connectivity index is 1.19. The summed E-state index contributed by atoms with van der Waals surface area (Å²) in [5.41, 5.74) is 10.9. The van der Waals surface area contributed by atoms with Gasteiger partial charge in [-0.05, 0) is 42.0 Å². The van der Waals surface area contributed by atoms with Crippen molar-refractivity contribution in [3.05, 3.63) is 235 Å². The summed E-state index contributed by atoms with van der Waals surface area (Å²) in [6.07, 6.45) is 2.51. The van der Waals surface area contributed by atoms with Gasteiger partial charge in [-0.2, -0.15) is 5.26 Å². The third-order valence-corrected chi connectivity index (χ3v) is 16.7. The van der Waals surface area contributed by atoms with E-state index in [1.165, 1.54) is 40.3 Å². The molecule has 0 aliphatic heterocycles. The molecule has 9 aromatic carbocycles. The summed E-state index contributed by atoms with van der Waals surface area (Å²) >= 11 is 3.62. The van der Waals surface area contributed by atoms with Gasteiger partial charge in [0.2, 0.25) is 0 Å². The van der Waals surface area contributed by atoms with Crippen LogP contribution in [0.15, 0.2) is 224 Å². The number of aromatic nitrogens is 5. The molecule has 5 heterocycles. The molecule has 73 heavy (non-hydrogen) atoms. The summed E-state index contributed by atoms with van der Waals surface area (Å²) in [7, 11) is 0. The largest absolute Gasteiger partial charge is 0.307 e. The Labute approximate surface area is 426 Å². The van der Waals surface area contributed by atoms with E-state index in [9.17, 15) is 5.26 Å². The van der Waals surface area contributed by atoms with Crippen LogP contribution in [0.25, 0.3) is 129 Å². The van der Waals surface area contributed by atoms with Gasteiger partial charge in [0.1, 0.15) is 0 Å². The number of para-hydroxylation sites is 2. The molecule has 0 spiro atoms. The number of benzene rings is 9. The van der Waals surface area contributed by atoms with Crippen LogP contribution in [-0.4, -0.2) is 24.1 Å². The molecular weight excluding hydrogens is 929 g/mol. The fourth-order valence-corrected chi connectivity index (χ4v) is 13.6. The highest BCUT2D eigenvalue weighted by Crippen LogP contribution is 2.52. The van der Waals surface area contributed by atoms with Crippen LogP contribution in [0, 0.1) is 11.3 Å². The van der Waals surface area contributed by atoms with E-state index in [0.717, 1.165) is 82.8 Å². The minimum atomic E-state index is 0.302. The molecule has 0 saturated heterocycles. The Kier molecular flexibility index (Phi) is 9.33. The molecule has 0 fully saturated rings. The van der Waals surface area contributed by atoms with Crippen molar-refractivity contribution in [2.24, 2.45) is 0 Å². The summed E-state index contributed by atoms with van der Waals surface area (Å²) in [4.78, 5) is 16.2. The van der Waals surface area contributed by atoms with Gasteiger partial charge in [-0.3, -0.25) is 0 Å². The first-order valence-corrected chi connectivity index (χ1v) is 26.0. The van der Waals surface area contributed by atoms with Gasteiger partial charge in [-0.15, -0.1) is 22.7 Å². The van der Waals surface area contributed by atoms with Crippen molar-refractivity contribution in [3.63, 3.8) is 0 Å². The maximum atomic E-state index is 12.0. The molecule has 8 heteroatoms. The number of hydrogen-bond acceptors (Lipinski definition) is 6. The third kappa shape index (κ3) is 6.30. The average molecular weight is 967 g/mol. The lowest BCUT2D eigenvalue weighted by Gasteiger charge is -2.24. The molecule has 0 saturated carbocycles. The van der Waals surface area contributed by atoms with Crippen LogP contribution in [0.2, 0.25) is 0 Å². The molecule has 0 amide bonds. The molecule has 0 bridgehead atoms. The second-order valence-corrected chi connectivity index (χ2v) is 20.6. The molecule has 14 aromatic rings. The van der Waals surface area contributed by atoms with E-state index in [2.05, 4.69) is 197 Å². The van der Waals surface area contributed by atoms with Gasteiger partial charge in [0, 0.05) is 90.6 Å². The normalized spacial score (nSPS) is 13.4. The summed E-state index contributed by atoms with van der Waals surface area (Å²) in [5.74, 6) is 1.63. The van der Waals surface area contributed by atoms with Crippen molar-refractivity contribution >= 4 is 129 Å². The molecule has 6 nitrogen and oxygen atoms in total. The van der Waals surface area contributed by atoms with E-state index in [4.69, 9.17) is 15.0 Å². The Morgan fingerprint density at radius 3 is 1.32 bits per heavy atom. The molecule has 0 atom stereocenters. The molecular formula is C65H38N6S2. The molecule has 340 valence electrons. The van der Waals surface area contributed by atoms with Crippen LogP contribution in [0.5, 0.6) is 0 Å². The minimum absolute atomic E-state index is 0.302. The first-order chi connectivity index (χ1) is 36.2. The monoisotopic (exact) mass is 966 g/mol. The smallest absolute Gasteiger partial charge is 0.165 e. The number of thiophene rings is 2. The fourth-order valence-electron chi connectivity index (χ4n) is 11.4. The van der Waals surface area contributed by atoms with E-state index in [1.807, 2.05) is 59.1 Å². The molecule has 1 aliphatic rings. The van der Waals surface area contributed by atoms with Crippen molar-refractivity contribution in [1.29, 1.82) is 5.26 Å². The van der Waals surface area contributed by atoms with Crippen molar-refractivity contribution in [2.45, 2.75) is 6.42 Å². The van der Waals surface area contributed by atoms with Crippen molar-refractivity contribution < 1.29 is 0 Å². The Hall–Kier alpha value is -9.26. The Morgan fingerprint density at radius 1 is 0.384 bits per heavy atom. The highest BCUT2D eigenvalue weighted by atomic mass is 32.1. The molecule has 0 radical (unpaired) electrons. The summed E-state index contributed by atoms with van der Waals surface area (Å²) in [5, 5.41) is 21.2. The average Bonchev–Trinajstić information content (AvgIpc) is 4.19. The van der Waals surface area contributed by atoms with Crippen LogP contribution >= 0.6 is 22.7 Å². The molecule has 0 N–H and O–H groups in total. The molecule has 15 rings (SSSR count). The highest BCUT2D eigenvalue weighted by Gasteiger charge is 2.33. The maximum Gasteiger partial charge on any atom is 0.165 e. The van der Waals surface area contributed by atoms with Gasteiger partial charge in [-0.1, -0.05) is 182 Å². The van der Waals surface area contributed by atoms with Crippen molar-refractivity contribution in [2.75, 3.05) is 0 Å². The molecule has 1 aliphatic carbocycles. The van der Waals surface area contributed by atoms with Crippen LogP contribution in [0.1, 0.15) is 17.8 Å². The number of nitrogens with zero attached hydrogens (tertiary/aromatic N) is 6. The lowest BCUT2D eigenvalue weighted by Crippen LogP contribution is -2.11. The highest BCUT2D eigenvalue weighted by molar-refractivity contribution is 7.26. The zero-order chi connectivity index (χ0) is 48.1. The second-order valence-electron chi connectivity index (χ2n) is 18.5. The number of nitriles is 1. The lowest BCUT2D eigenvalue weighted by molar-refractivity contribution is 1.03. The van der Waals surface area contributed by atoms with Gasteiger partial charge in [0.05, 0.1) is 45.1 Å². The van der Waals surface area contributed by atoms with E-state index in [1.54, 1.807) is 0 Å². The number of hydrogen-bond donors (Lipinski definition) is 0. The molecule has 5 aromatic heterocycles. The predicted octanol–water partition coefficient (Wildman–Crippen LogP) is 17.4. The van der Waals surface area contributed by atoms with Gasteiger partial charge in [0.15, 0.2) is 17.5 Å². The number of allylic oxidation sites excluding steroid dienone is 6.